The highest BCUT2D eigenvalue weighted by Gasteiger charge is 2.04. The summed E-state index contributed by atoms with van der Waals surface area (Å²) in [6.07, 6.45) is 1.98. The summed E-state index contributed by atoms with van der Waals surface area (Å²) >= 11 is 0. The third-order valence-corrected chi connectivity index (χ3v) is 2.61. The third-order valence-electron chi connectivity index (χ3n) is 2.61. The summed E-state index contributed by atoms with van der Waals surface area (Å²) in [5.41, 5.74) is 3.02. The van der Waals surface area contributed by atoms with E-state index in [-0.39, 0.29) is 11.9 Å². The Balaban J connectivity index is 2.55. The van der Waals surface area contributed by atoms with Gasteiger partial charge in [0.05, 0.1) is 6.61 Å². The number of anilines is 1. The number of carbonyl (C=O) groups excluding carboxylic acids is 2. The maximum atomic E-state index is 11.2. The smallest absolute Gasteiger partial charge is 0.305 e. The van der Waals surface area contributed by atoms with Crippen LogP contribution in [0.1, 0.15) is 37.8 Å². The van der Waals surface area contributed by atoms with Gasteiger partial charge in [0.2, 0.25) is 5.91 Å². The summed E-state index contributed by atoms with van der Waals surface area (Å²) in [7, 11) is 0. The second-order valence-electron chi connectivity index (χ2n) is 4.55. The molecular formula is C15H21NO3. The molecule has 4 heteroatoms. The fourth-order valence-electron chi connectivity index (χ4n) is 1.95. The van der Waals surface area contributed by atoms with Gasteiger partial charge in [0.1, 0.15) is 0 Å². The van der Waals surface area contributed by atoms with E-state index in [9.17, 15) is 9.59 Å². The predicted molar refractivity (Wildman–Crippen MR) is 75.1 cm³/mol. The number of carbonyl (C=O) groups is 2. The number of aryl methyl sites for hydroxylation is 2. The van der Waals surface area contributed by atoms with E-state index in [0.717, 1.165) is 29.7 Å². The van der Waals surface area contributed by atoms with Crippen molar-refractivity contribution in [3.8, 4) is 0 Å². The lowest BCUT2D eigenvalue weighted by atomic mass is 10.0. The molecular weight excluding hydrogens is 242 g/mol. The van der Waals surface area contributed by atoms with Crippen molar-refractivity contribution >= 4 is 17.6 Å². The van der Waals surface area contributed by atoms with Crippen LogP contribution in [0, 0.1) is 6.92 Å². The Hall–Kier alpha value is -1.84. The monoisotopic (exact) mass is 263 g/mol. The van der Waals surface area contributed by atoms with Crippen molar-refractivity contribution in [1.29, 1.82) is 0 Å². The SMILES string of the molecule is CCOC(=O)CCCc1cc(C)cc(NC(C)=O)c1. The van der Waals surface area contributed by atoms with Gasteiger partial charge in [-0.3, -0.25) is 9.59 Å². The van der Waals surface area contributed by atoms with E-state index >= 15 is 0 Å². The average Bonchev–Trinajstić information content (AvgIpc) is 2.27. The van der Waals surface area contributed by atoms with Gasteiger partial charge in [-0.15, -0.1) is 0 Å². The number of amides is 1. The van der Waals surface area contributed by atoms with Crippen LogP contribution in [-0.4, -0.2) is 18.5 Å². The van der Waals surface area contributed by atoms with Gasteiger partial charge in [0.25, 0.3) is 0 Å². The summed E-state index contributed by atoms with van der Waals surface area (Å²) in [4.78, 5) is 22.3. The van der Waals surface area contributed by atoms with Gasteiger partial charge in [0, 0.05) is 19.0 Å². The van der Waals surface area contributed by atoms with Gasteiger partial charge >= 0.3 is 5.97 Å². The van der Waals surface area contributed by atoms with E-state index in [2.05, 4.69) is 11.4 Å². The van der Waals surface area contributed by atoms with Crippen molar-refractivity contribution in [3.05, 3.63) is 29.3 Å². The number of nitrogens with one attached hydrogen (secondary N) is 1. The molecule has 0 aliphatic carbocycles. The second kappa shape index (κ2) is 7.56. The van der Waals surface area contributed by atoms with Crippen LogP contribution in [0.2, 0.25) is 0 Å². The van der Waals surface area contributed by atoms with Gasteiger partial charge < -0.3 is 10.1 Å². The molecule has 1 aromatic carbocycles. The maximum Gasteiger partial charge on any atom is 0.305 e. The number of ether oxygens (including phenoxy) is 1. The van der Waals surface area contributed by atoms with Gasteiger partial charge in [-0.1, -0.05) is 6.07 Å². The summed E-state index contributed by atoms with van der Waals surface area (Å²) in [5.74, 6) is -0.236. The Morgan fingerprint density at radius 2 is 2.00 bits per heavy atom. The first-order valence-electron chi connectivity index (χ1n) is 6.55. The molecule has 0 atom stereocenters. The minimum atomic E-state index is -0.155. The first-order chi connectivity index (χ1) is 9.01. The van der Waals surface area contributed by atoms with Gasteiger partial charge in [-0.25, -0.2) is 0 Å². The van der Waals surface area contributed by atoms with Crippen molar-refractivity contribution in [2.24, 2.45) is 0 Å². The first-order valence-corrected chi connectivity index (χ1v) is 6.55. The summed E-state index contributed by atoms with van der Waals surface area (Å²) in [6.45, 7) is 5.71. The molecule has 1 rings (SSSR count). The number of rotatable bonds is 6. The molecule has 0 saturated heterocycles. The zero-order valence-electron chi connectivity index (χ0n) is 11.8. The fourth-order valence-corrected chi connectivity index (χ4v) is 1.95. The molecule has 0 unspecified atom stereocenters. The fraction of sp³-hybridized carbons (Fsp3) is 0.467. The molecule has 0 fully saturated rings. The van der Waals surface area contributed by atoms with Crippen LogP contribution in [0.4, 0.5) is 5.69 Å². The molecule has 0 spiro atoms. The van der Waals surface area contributed by atoms with Crippen LogP contribution in [0.25, 0.3) is 0 Å². The number of hydrogen-bond donors (Lipinski definition) is 1. The standard InChI is InChI=1S/C15H21NO3/c1-4-19-15(18)7-5-6-13-8-11(2)9-14(10-13)16-12(3)17/h8-10H,4-7H2,1-3H3,(H,16,17). The van der Waals surface area contributed by atoms with Crippen LogP contribution >= 0.6 is 0 Å². The highest BCUT2D eigenvalue weighted by Crippen LogP contribution is 2.16. The third kappa shape index (κ3) is 6.04. The number of benzene rings is 1. The van der Waals surface area contributed by atoms with Gasteiger partial charge in [0.15, 0.2) is 0 Å². The van der Waals surface area contributed by atoms with Crippen molar-refractivity contribution < 1.29 is 14.3 Å². The molecule has 19 heavy (non-hydrogen) atoms. The van der Waals surface area contributed by atoms with E-state index in [0.29, 0.717) is 13.0 Å². The highest BCUT2D eigenvalue weighted by atomic mass is 16.5. The van der Waals surface area contributed by atoms with Crippen molar-refractivity contribution in [2.45, 2.75) is 40.0 Å². The maximum absolute atomic E-state index is 11.2. The zero-order chi connectivity index (χ0) is 14.3. The Labute approximate surface area is 114 Å². The highest BCUT2D eigenvalue weighted by molar-refractivity contribution is 5.88. The van der Waals surface area contributed by atoms with Gasteiger partial charge in [-0.05, 0) is 49.9 Å². The molecule has 0 aromatic heterocycles. The summed E-state index contributed by atoms with van der Waals surface area (Å²) in [5, 5.41) is 2.77. The lowest BCUT2D eigenvalue weighted by molar-refractivity contribution is -0.143. The van der Waals surface area contributed by atoms with Crippen LogP contribution in [0.3, 0.4) is 0 Å². The van der Waals surface area contributed by atoms with Crippen LogP contribution < -0.4 is 5.32 Å². The van der Waals surface area contributed by atoms with Crippen molar-refractivity contribution in [2.75, 3.05) is 11.9 Å². The molecule has 0 bridgehead atoms. The van der Waals surface area contributed by atoms with Crippen LogP contribution in [-0.2, 0) is 20.7 Å². The molecule has 0 aliphatic rings. The lowest BCUT2D eigenvalue weighted by Gasteiger charge is -2.08. The van der Waals surface area contributed by atoms with E-state index in [1.54, 1.807) is 6.92 Å². The number of esters is 1. The normalized spacial score (nSPS) is 10.1. The van der Waals surface area contributed by atoms with Crippen molar-refractivity contribution in [3.63, 3.8) is 0 Å². The molecule has 1 N–H and O–H groups in total. The predicted octanol–water partition coefficient (Wildman–Crippen LogP) is 2.84. The minimum Gasteiger partial charge on any atom is -0.466 e. The Morgan fingerprint density at radius 3 is 2.63 bits per heavy atom. The average molecular weight is 263 g/mol. The molecule has 0 radical (unpaired) electrons. The van der Waals surface area contributed by atoms with E-state index in [4.69, 9.17) is 4.74 Å². The largest absolute Gasteiger partial charge is 0.466 e. The summed E-state index contributed by atoms with van der Waals surface area (Å²) < 4.78 is 4.88. The van der Waals surface area contributed by atoms with Crippen molar-refractivity contribution in [1.82, 2.24) is 0 Å². The topological polar surface area (TPSA) is 55.4 Å². The van der Waals surface area contributed by atoms with E-state index < -0.39 is 0 Å². The lowest BCUT2D eigenvalue weighted by Crippen LogP contribution is -2.07. The van der Waals surface area contributed by atoms with E-state index in [1.165, 1.54) is 6.92 Å². The molecule has 0 aliphatic heterocycles. The minimum absolute atomic E-state index is 0.0805. The Kier molecular flexibility index (Phi) is 6.06. The van der Waals surface area contributed by atoms with Gasteiger partial charge in [-0.2, -0.15) is 0 Å². The van der Waals surface area contributed by atoms with E-state index in [1.807, 2.05) is 19.1 Å². The summed E-state index contributed by atoms with van der Waals surface area (Å²) in [6, 6.07) is 5.94. The molecule has 0 saturated carbocycles. The van der Waals surface area contributed by atoms with Crippen LogP contribution in [0.15, 0.2) is 18.2 Å². The second-order valence-corrected chi connectivity index (χ2v) is 4.55. The quantitative estimate of drug-likeness (QED) is 0.803. The zero-order valence-corrected chi connectivity index (χ0v) is 11.8. The Bertz CT molecular complexity index is 455. The van der Waals surface area contributed by atoms with Crippen LogP contribution in [0.5, 0.6) is 0 Å². The first kappa shape index (κ1) is 15.2. The molecule has 1 amide bonds. The molecule has 1 aromatic rings. The molecule has 104 valence electrons. The molecule has 4 nitrogen and oxygen atoms in total. The number of hydrogen-bond acceptors (Lipinski definition) is 3. The molecule has 0 heterocycles. The Morgan fingerprint density at radius 1 is 1.26 bits per heavy atom.